The van der Waals surface area contributed by atoms with Crippen molar-refractivity contribution in [1.29, 1.82) is 0 Å². The van der Waals surface area contributed by atoms with Crippen LogP contribution in [0.25, 0.3) is 0 Å². The molecule has 0 unspecified atom stereocenters. The molecule has 0 radical (unpaired) electrons. The summed E-state index contributed by atoms with van der Waals surface area (Å²) in [5.74, 6) is -1.06. The van der Waals surface area contributed by atoms with Gasteiger partial charge in [-0.15, -0.1) is 0 Å². The minimum atomic E-state index is -1.06. The van der Waals surface area contributed by atoms with Crippen LogP contribution in [0, 0.1) is 0 Å². The highest BCUT2D eigenvalue weighted by Crippen LogP contribution is 2.24. The zero-order valence-electron chi connectivity index (χ0n) is 10.3. The van der Waals surface area contributed by atoms with Gasteiger partial charge in [0.2, 0.25) is 0 Å². The zero-order chi connectivity index (χ0) is 13.2. The molecule has 0 saturated carbocycles. The molecule has 100 valence electrons. The molecule has 18 heavy (non-hydrogen) atoms. The second-order valence-electron chi connectivity index (χ2n) is 4.09. The summed E-state index contributed by atoms with van der Waals surface area (Å²) in [6, 6.07) is 1.01. The standard InChI is InChI=1S/C11H16N2O5/c1-3-16-11(2)17-6-8(7-18-11)13-5-4-9(14)12-10(13)15/h4-5,8H,3,6-7H2,1-2H3,(H,12,14,15). The first-order valence-electron chi connectivity index (χ1n) is 5.77. The van der Waals surface area contributed by atoms with E-state index < -0.39 is 17.2 Å². The van der Waals surface area contributed by atoms with Crippen molar-refractivity contribution < 1.29 is 14.2 Å². The maximum atomic E-state index is 11.6. The van der Waals surface area contributed by atoms with Crippen molar-refractivity contribution in [2.24, 2.45) is 0 Å². The molecule has 1 aromatic heterocycles. The first kappa shape index (κ1) is 13.0. The van der Waals surface area contributed by atoms with Gasteiger partial charge in [0, 0.05) is 25.8 Å². The van der Waals surface area contributed by atoms with Crippen molar-refractivity contribution in [2.75, 3.05) is 19.8 Å². The van der Waals surface area contributed by atoms with E-state index in [1.54, 1.807) is 6.92 Å². The van der Waals surface area contributed by atoms with Crippen molar-refractivity contribution in [3.8, 4) is 0 Å². The van der Waals surface area contributed by atoms with E-state index in [1.807, 2.05) is 6.92 Å². The first-order chi connectivity index (χ1) is 8.54. The second kappa shape index (κ2) is 5.05. The summed E-state index contributed by atoms with van der Waals surface area (Å²) in [6.45, 7) is 4.56. The summed E-state index contributed by atoms with van der Waals surface area (Å²) in [6.07, 6.45) is 1.43. The minimum Gasteiger partial charge on any atom is -0.328 e. The largest absolute Gasteiger partial charge is 0.328 e. The van der Waals surface area contributed by atoms with E-state index in [1.165, 1.54) is 16.8 Å². The minimum absolute atomic E-state index is 0.275. The van der Waals surface area contributed by atoms with Gasteiger partial charge in [0.15, 0.2) is 0 Å². The third-order valence-electron chi connectivity index (χ3n) is 2.73. The van der Waals surface area contributed by atoms with Crippen LogP contribution < -0.4 is 11.2 Å². The average Bonchev–Trinajstić information content (AvgIpc) is 2.31. The highest BCUT2D eigenvalue weighted by Gasteiger charge is 2.34. The molecule has 7 nitrogen and oxygen atoms in total. The molecule has 0 spiro atoms. The molecule has 2 heterocycles. The Balaban J connectivity index is 2.10. The predicted molar refractivity (Wildman–Crippen MR) is 62.3 cm³/mol. The number of aromatic amines is 1. The summed E-state index contributed by atoms with van der Waals surface area (Å²) < 4.78 is 17.6. The summed E-state index contributed by atoms with van der Waals surface area (Å²) in [5.41, 5.74) is -0.896. The van der Waals surface area contributed by atoms with E-state index in [0.29, 0.717) is 6.61 Å². The first-order valence-corrected chi connectivity index (χ1v) is 5.77. The molecule has 1 aromatic rings. The van der Waals surface area contributed by atoms with Gasteiger partial charge in [-0.3, -0.25) is 14.3 Å². The quantitative estimate of drug-likeness (QED) is 0.812. The highest BCUT2D eigenvalue weighted by atomic mass is 16.9. The van der Waals surface area contributed by atoms with E-state index in [9.17, 15) is 9.59 Å². The molecule has 0 atom stereocenters. The number of nitrogens with zero attached hydrogens (tertiary/aromatic N) is 1. The van der Waals surface area contributed by atoms with Gasteiger partial charge in [0.25, 0.3) is 11.5 Å². The van der Waals surface area contributed by atoms with E-state index in [-0.39, 0.29) is 19.3 Å². The monoisotopic (exact) mass is 256 g/mol. The smallest absolute Gasteiger partial charge is 0.328 e. The molecular weight excluding hydrogens is 240 g/mol. The van der Waals surface area contributed by atoms with E-state index in [4.69, 9.17) is 14.2 Å². The number of hydrogen-bond acceptors (Lipinski definition) is 5. The predicted octanol–water partition coefficient (Wildman–Crippen LogP) is -0.165. The SMILES string of the molecule is CCOC1(C)OCC(n2ccc(=O)[nH]c2=O)CO1. The molecule has 0 aromatic carbocycles. The lowest BCUT2D eigenvalue weighted by atomic mass is 10.3. The molecule has 1 aliphatic heterocycles. The molecule has 2 rings (SSSR count). The van der Waals surface area contributed by atoms with Crippen molar-refractivity contribution in [3.05, 3.63) is 33.1 Å². The Labute approximate surface area is 103 Å². The molecule has 1 saturated heterocycles. The average molecular weight is 256 g/mol. The lowest BCUT2D eigenvalue weighted by Crippen LogP contribution is -2.46. The summed E-state index contributed by atoms with van der Waals surface area (Å²) >= 11 is 0. The van der Waals surface area contributed by atoms with Crippen molar-refractivity contribution in [2.45, 2.75) is 25.9 Å². The number of H-pyrrole nitrogens is 1. The Morgan fingerprint density at radius 1 is 1.50 bits per heavy atom. The van der Waals surface area contributed by atoms with Gasteiger partial charge in [0.05, 0.1) is 19.3 Å². The lowest BCUT2D eigenvalue weighted by molar-refractivity contribution is -0.395. The maximum Gasteiger partial charge on any atom is 0.328 e. The Bertz CT molecular complexity index is 513. The molecule has 0 bridgehead atoms. The van der Waals surface area contributed by atoms with Crippen LogP contribution in [0.15, 0.2) is 21.9 Å². The van der Waals surface area contributed by atoms with Gasteiger partial charge in [-0.25, -0.2) is 4.79 Å². The third-order valence-corrected chi connectivity index (χ3v) is 2.73. The fourth-order valence-electron chi connectivity index (χ4n) is 1.81. The van der Waals surface area contributed by atoms with Crippen molar-refractivity contribution >= 4 is 0 Å². The Morgan fingerprint density at radius 2 is 2.17 bits per heavy atom. The molecule has 1 aliphatic rings. The number of rotatable bonds is 3. The van der Waals surface area contributed by atoms with Crippen LogP contribution in [-0.4, -0.2) is 35.3 Å². The van der Waals surface area contributed by atoms with Crippen LogP contribution in [0.1, 0.15) is 19.9 Å². The molecule has 7 heteroatoms. The molecule has 1 N–H and O–H groups in total. The van der Waals surface area contributed by atoms with Gasteiger partial charge >= 0.3 is 5.69 Å². The molecule has 1 fully saturated rings. The second-order valence-corrected chi connectivity index (χ2v) is 4.09. The zero-order valence-corrected chi connectivity index (χ0v) is 10.3. The van der Waals surface area contributed by atoms with Gasteiger partial charge in [-0.2, -0.15) is 0 Å². The summed E-state index contributed by atoms with van der Waals surface area (Å²) in [5, 5.41) is 0. The summed E-state index contributed by atoms with van der Waals surface area (Å²) in [4.78, 5) is 24.7. The fourth-order valence-corrected chi connectivity index (χ4v) is 1.81. The topological polar surface area (TPSA) is 82.5 Å². The maximum absolute atomic E-state index is 11.6. The van der Waals surface area contributed by atoms with Crippen LogP contribution in [0.2, 0.25) is 0 Å². The molecule has 0 amide bonds. The van der Waals surface area contributed by atoms with E-state index in [2.05, 4.69) is 4.98 Å². The van der Waals surface area contributed by atoms with Crippen LogP contribution in [0.3, 0.4) is 0 Å². The van der Waals surface area contributed by atoms with Crippen molar-refractivity contribution in [1.82, 2.24) is 9.55 Å². The van der Waals surface area contributed by atoms with Crippen molar-refractivity contribution in [3.63, 3.8) is 0 Å². The number of nitrogens with one attached hydrogen (secondary N) is 1. The Kier molecular flexibility index (Phi) is 3.65. The van der Waals surface area contributed by atoms with Crippen LogP contribution in [-0.2, 0) is 14.2 Å². The molecule has 0 aliphatic carbocycles. The van der Waals surface area contributed by atoms with Crippen LogP contribution in [0.4, 0.5) is 0 Å². The number of ether oxygens (including phenoxy) is 3. The van der Waals surface area contributed by atoms with Crippen LogP contribution in [0.5, 0.6) is 0 Å². The van der Waals surface area contributed by atoms with Gasteiger partial charge in [0.1, 0.15) is 0 Å². The normalized spacial score (nSPS) is 28.2. The lowest BCUT2D eigenvalue weighted by Gasteiger charge is -2.37. The van der Waals surface area contributed by atoms with Gasteiger partial charge < -0.3 is 14.2 Å². The molecular formula is C11H16N2O5. The van der Waals surface area contributed by atoms with Gasteiger partial charge in [-0.1, -0.05) is 0 Å². The Morgan fingerprint density at radius 3 is 2.72 bits per heavy atom. The fraction of sp³-hybridized carbons (Fsp3) is 0.636. The van der Waals surface area contributed by atoms with Gasteiger partial charge in [-0.05, 0) is 6.92 Å². The van der Waals surface area contributed by atoms with E-state index >= 15 is 0 Å². The number of aromatic nitrogens is 2. The summed E-state index contributed by atoms with van der Waals surface area (Å²) in [7, 11) is 0. The Hall–Kier alpha value is -1.44. The van der Waals surface area contributed by atoms with Crippen LogP contribution >= 0.6 is 0 Å². The number of hydrogen-bond donors (Lipinski definition) is 1. The highest BCUT2D eigenvalue weighted by molar-refractivity contribution is 4.86. The third kappa shape index (κ3) is 2.69. The van der Waals surface area contributed by atoms with E-state index in [0.717, 1.165) is 0 Å².